The van der Waals surface area contributed by atoms with Crippen LogP contribution in [0.25, 0.3) is 0 Å². The number of carbonyl (C=O) groups excluding carboxylic acids is 2. The third kappa shape index (κ3) is 6.40. The van der Waals surface area contributed by atoms with Crippen molar-refractivity contribution in [2.75, 3.05) is 13.2 Å². The molecule has 1 saturated heterocycles. The number of rotatable bonds is 5. The molecule has 1 fully saturated rings. The Kier molecular flexibility index (Phi) is 7.57. The molecule has 0 aromatic heterocycles. The molecule has 3 unspecified atom stereocenters. The summed E-state index contributed by atoms with van der Waals surface area (Å²) in [6.07, 6.45) is -7.22. The Balaban J connectivity index is 2.50. The van der Waals surface area contributed by atoms with Crippen LogP contribution < -0.4 is 10.6 Å². The second-order valence-electron chi connectivity index (χ2n) is 6.98. The quantitative estimate of drug-likeness (QED) is 0.322. The number of hydrogen-bond acceptors (Lipinski definition) is 8. The number of carbonyl (C=O) groups is 2. The van der Waals surface area contributed by atoms with E-state index in [2.05, 4.69) is 10.6 Å². The zero-order valence-corrected chi connectivity index (χ0v) is 14.8. The van der Waals surface area contributed by atoms with Crippen LogP contribution in [-0.4, -0.2) is 87.7 Å². The summed E-state index contributed by atoms with van der Waals surface area (Å²) in [4.78, 5) is 23.6. The first kappa shape index (κ1) is 21.6. The Morgan fingerprint density at radius 2 is 1.68 bits per heavy atom. The lowest BCUT2D eigenvalue weighted by Crippen LogP contribution is -2.61. The first-order valence-corrected chi connectivity index (χ1v) is 8.04. The summed E-state index contributed by atoms with van der Waals surface area (Å²) in [7, 11) is 0. The molecule has 0 bridgehead atoms. The summed E-state index contributed by atoms with van der Waals surface area (Å²) in [5.74, 6) is -0.553. The van der Waals surface area contributed by atoms with Gasteiger partial charge >= 0.3 is 6.09 Å². The number of alkyl carbamates (subject to hydrolysis) is 1. The van der Waals surface area contributed by atoms with Crippen LogP contribution in [0.3, 0.4) is 0 Å². The maximum atomic E-state index is 12.0. The standard InChI is InChI=1S/C15H28N2O8/c1-7(17-14(23)25-15(2,3)4)13(22)16-5-8-10(19)12(21)11(20)9(6-18)24-8/h7-12,18-21H,5-6H2,1-4H3,(H,16,22)(H,17,23)/t7-,8?,9?,10-,11?,12-/m1/s1. The highest BCUT2D eigenvalue weighted by molar-refractivity contribution is 5.85. The van der Waals surface area contributed by atoms with Gasteiger partial charge in [0.25, 0.3) is 0 Å². The molecule has 25 heavy (non-hydrogen) atoms. The lowest BCUT2D eigenvalue weighted by molar-refractivity contribution is -0.227. The van der Waals surface area contributed by atoms with E-state index >= 15 is 0 Å². The zero-order valence-electron chi connectivity index (χ0n) is 14.8. The molecule has 10 nitrogen and oxygen atoms in total. The van der Waals surface area contributed by atoms with E-state index in [1.807, 2.05) is 0 Å². The first-order valence-electron chi connectivity index (χ1n) is 8.04. The fourth-order valence-electron chi connectivity index (χ4n) is 2.25. The van der Waals surface area contributed by atoms with Crippen LogP contribution in [0.2, 0.25) is 0 Å². The Morgan fingerprint density at radius 3 is 2.20 bits per heavy atom. The normalized spacial score (nSPS) is 31.1. The van der Waals surface area contributed by atoms with Crippen LogP contribution in [0.5, 0.6) is 0 Å². The molecule has 6 N–H and O–H groups in total. The molecule has 0 aromatic carbocycles. The van der Waals surface area contributed by atoms with Crippen molar-refractivity contribution in [3.05, 3.63) is 0 Å². The van der Waals surface area contributed by atoms with Crippen LogP contribution in [0.1, 0.15) is 27.7 Å². The Labute approximate surface area is 146 Å². The molecule has 0 radical (unpaired) electrons. The molecular weight excluding hydrogens is 336 g/mol. The molecule has 1 rings (SSSR count). The van der Waals surface area contributed by atoms with Gasteiger partial charge in [-0.15, -0.1) is 0 Å². The number of hydrogen-bond donors (Lipinski definition) is 6. The molecule has 1 aliphatic heterocycles. The average molecular weight is 364 g/mol. The maximum absolute atomic E-state index is 12.0. The second kappa shape index (κ2) is 8.77. The van der Waals surface area contributed by atoms with Gasteiger partial charge in [0.05, 0.1) is 6.61 Å². The number of aliphatic hydroxyl groups is 4. The summed E-state index contributed by atoms with van der Waals surface area (Å²) >= 11 is 0. The van der Waals surface area contributed by atoms with Crippen LogP contribution in [0.15, 0.2) is 0 Å². The smallest absolute Gasteiger partial charge is 0.408 e. The van der Waals surface area contributed by atoms with Gasteiger partial charge in [0, 0.05) is 6.54 Å². The van der Waals surface area contributed by atoms with Gasteiger partial charge in [-0.2, -0.15) is 0 Å². The molecule has 0 spiro atoms. The molecule has 2 amide bonds. The highest BCUT2D eigenvalue weighted by atomic mass is 16.6. The molecule has 10 heteroatoms. The molecule has 1 aliphatic rings. The molecule has 1 heterocycles. The summed E-state index contributed by atoms with van der Waals surface area (Å²) in [5.41, 5.74) is -0.698. The van der Waals surface area contributed by atoms with E-state index in [0.29, 0.717) is 0 Å². The lowest BCUT2D eigenvalue weighted by atomic mass is 9.95. The Morgan fingerprint density at radius 1 is 1.12 bits per heavy atom. The van der Waals surface area contributed by atoms with Crippen molar-refractivity contribution in [3.8, 4) is 0 Å². The van der Waals surface area contributed by atoms with Gasteiger partial charge in [-0.05, 0) is 27.7 Å². The summed E-state index contributed by atoms with van der Waals surface area (Å²) in [5, 5.41) is 43.2. The summed E-state index contributed by atoms with van der Waals surface area (Å²) in [6, 6.07) is -0.903. The van der Waals surface area contributed by atoms with E-state index < -0.39 is 60.8 Å². The third-order valence-electron chi connectivity index (χ3n) is 3.60. The lowest BCUT2D eigenvalue weighted by Gasteiger charge is -2.40. The van der Waals surface area contributed by atoms with Crippen molar-refractivity contribution in [2.45, 2.75) is 69.9 Å². The highest BCUT2D eigenvalue weighted by Crippen LogP contribution is 2.20. The minimum Gasteiger partial charge on any atom is -0.444 e. The van der Waals surface area contributed by atoms with Gasteiger partial charge in [0.2, 0.25) is 5.91 Å². The van der Waals surface area contributed by atoms with E-state index in [9.17, 15) is 24.9 Å². The number of aliphatic hydroxyl groups excluding tert-OH is 4. The minimum atomic E-state index is -1.51. The van der Waals surface area contributed by atoms with Gasteiger partial charge in [-0.1, -0.05) is 0 Å². The molecule has 0 saturated carbocycles. The minimum absolute atomic E-state index is 0.180. The van der Waals surface area contributed by atoms with E-state index in [4.69, 9.17) is 14.6 Å². The van der Waals surface area contributed by atoms with Crippen molar-refractivity contribution >= 4 is 12.0 Å². The topological polar surface area (TPSA) is 158 Å². The molecule has 0 aliphatic carbocycles. The predicted octanol–water partition coefficient (Wildman–Crippen LogP) is -2.14. The third-order valence-corrected chi connectivity index (χ3v) is 3.60. The van der Waals surface area contributed by atoms with Gasteiger partial charge in [0.15, 0.2) is 0 Å². The first-order chi connectivity index (χ1) is 11.5. The van der Waals surface area contributed by atoms with Crippen LogP contribution in [-0.2, 0) is 14.3 Å². The van der Waals surface area contributed by atoms with Crippen LogP contribution in [0.4, 0.5) is 4.79 Å². The van der Waals surface area contributed by atoms with Crippen molar-refractivity contribution in [2.24, 2.45) is 0 Å². The molecule has 6 atom stereocenters. The van der Waals surface area contributed by atoms with Crippen molar-refractivity contribution < 1.29 is 39.5 Å². The number of ether oxygens (including phenoxy) is 2. The largest absolute Gasteiger partial charge is 0.444 e. The Bertz CT molecular complexity index is 465. The molecular formula is C15H28N2O8. The average Bonchev–Trinajstić information content (AvgIpc) is 2.49. The fourth-order valence-corrected chi connectivity index (χ4v) is 2.25. The van der Waals surface area contributed by atoms with E-state index in [0.717, 1.165) is 0 Å². The van der Waals surface area contributed by atoms with Gasteiger partial charge in [0.1, 0.15) is 42.2 Å². The van der Waals surface area contributed by atoms with Crippen molar-refractivity contribution in [1.29, 1.82) is 0 Å². The summed E-state index contributed by atoms with van der Waals surface area (Å²) < 4.78 is 10.3. The number of amides is 2. The van der Waals surface area contributed by atoms with Crippen LogP contribution in [0, 0.1) is 0 Å². The molecule has 0 aromatic rings. The monoisotopic (exact) mass is 364 g/mol. The van der Waals surface area contributed by atoms with Crippen molar-refractivity contribution in [3.63, 3.8) is 0 Å². The van der Waals surface area contributed by atoms with Gasteiger partial charge in [-0.3, -0.25) is 4.79 Å². The van der Waals surface area contributed by atoms with E-state index in [-0.39, 0.29) is 6.54 Å². The van der Waals surface area contributed by atoms with E-state index in [1.165, 1.54) is 6.92 Å². The Hall–Kier alpha value is -1.46. The van der Waals surface area contributed by atoms with E-state index in [1.54, 1.807) is 20.8 Å². The zero-order chi connectivity index (χ0) is 19.4. The highest BCUT2D eigenvalue weighted by Gasteiger charge is 2.43. The van der Waals surface area contributed by atoms with Gasteiger partial charge < -0.3 is 40.5 Å². The molecule has 146 valence electrons. The maximum Gasteiger partial charge on any atom is 0.408 e. The predicted molar refractivity (Wildman–Crippen MR) is 85.6 cm³/mol. The number of nitrogens with one attached hydrogen (secondary N) is 2. The second-order valence-corrected chi connectivity index (χ2v) is 6.98. The summed E-state index contributed by atoms with van der Waals surface area (Å²) in [6.45, 7) is 5.79. The fraction of sp³-hybridized carbons (Fsp3) is 0.867. The van der Waals surface area contributed by atoms with Crippen molar-refractivity contribution in [1.82, 2.24) is 10.6 Å². The van der Waals surface area contributed by atoms with Crippen LogP contribution >= 0.6 is 0 Å². The van der Waals surface area contributed by atoms with Gasteiger partial charge in [-0.25, -0.2) is 4.79 Å². The SMILES string of the molecule is C[C@@H](NC(=O)OC(C)(C)C)C(=O)NCC1OC(CO)C(O)[C@H](O)[C@@H]1O.